The van der Waals surface area contributed by atoms with Gasteiger partial charge in [0.15, 0.2) is 11.5 Å². The van der Waals surface area contributed by atoms with Crippen molar-refractivity contribution < 1.29 is 4.42 Å². The third kappa shape index (κ3) is 1.40. The first-order chi connectivity index (χ1) is 6.72. The van der Waals surface area contributed by atoms with Gasteiger partial charge >= 0.3 is 0 Å². The zero-order valence-electron chi connectivity index (χ0n) is 8.50. The van der Waals surface area contributed by atoms with Crippen molar-refractivity contribution in [3.05, 3.63) is 29.2 Å². The van der Waals surface area contributed by atoms with Crippen LogP contribution in [-0.4, -0.2) is 11.5 Å². The molecule has 1 aromatic heterocycles. The Balaban J connectivity index is 2.63. The topological polar surface area (TPSA) is 52.0 Å². The molecule has 2 rings (SSSR count). The summed E-state index contributed by atoms with van der Waals surface area (Å²) in [5.41, 5.74) is 9.60. The number of hydrogen-bond donors (Lipinski definition) is 1. The number of aromatic nitrogens is 1. The molecule has 0 saturated carbocycles. The zero-order chi connectivity index (χ0) is 10.1. The van der Waals surface area contributed by atoms with Gasteiger partial charge in [0.1, 0.15) is 5.52 Å². The molecule has 0 aliphatic carbocycles. The molecule has 0 aliphatic heterocycles. The fraction of sp³-hybridized carbons (Fsp3) is 0.364. The summed E-state index contributed by atoms with van der Waals surface area (Å²) in [6.45, 7) is 4.64. The standard InChI is InChI=1S/C11H14N2O/c1-7-3-4-8(2)11-10(7)13-9(14-11)5-6-12/h3-4H,5-6,12H2,1-2H3. The second kappa shape index (κ2) is 3.42. The van der Waals surface area contributed by atoms with Crippen molar-refractivity contribution >= 4 is 11.1 Å². The van der Waals surface area contributed by atoms with Crippen molar-refractivity contribution in [1.29, 1.82) is 0 Å². The maximum atomic E-state index is 5.63. The van der Waals surface area contributed by atoms with Crippen LogP contribution in [0.5, 0.6) is 0 Å². The van der Waals surface area contributed by atoms with E-state index in [9.17, 15) is 0 Å². The highest BCUT2D eigenvalue weighted by Crippen LogP contribution is 2.22. The van der Waals surface area contributed by atoms with Crippen LogP contribution in [0.3, 0.4) is 0 Å². The van der Waals surface area contributed by atoms with Crippen LogP contribution in [0.1, 0.15) is 17.0 Å². The summed E-state index contributed by atoms with van der Waals surface area (Å²) < 4.78 is 5.63. The molecule has 3 heteroatoms. The van der Waals surface area contributed by atoms with Crippen LogP contribution in [0.15, 0.2) is 16.5 Å². The normalized spacial score (nSPS) is 11.1. The van der Waals surface area contributed by atoms with E-state index in [1.165, 1.54) is 0 Å². The number of aryl methyl sites for hydroxylation is 2. The molecule has 14 heavy (non-hydrogen) atoms. The molecule has 0 fully saturated rings. The maximum absolute atomic E-state index is 5.63. The van der Waals surface area contributed by atoms with E-state index < -0.39 is 0 Å². The van der Waals surface area contributed by atoms with E-state index in [0.717, 1.165) is 28.1 Å². The van der Waals surface area contributed by atoms with Crippen LogP contribution in [-0.2, 0) is 6.42 Å². The van der Waals surface area contributed by atoms with E-state index in [2.05, 4.69) is 17.1 Å². The smallest absolute Gasteiger partial charge is 0.196 e. The molecule has 0 spiro atoms. The van der Waals surface area contributed by atoms with E-state index in [-0.39, 0.29) is 0 Å². The highest BCUT2D eigenvalue weighted by molar-refractivity contribution is 5.79. The van der Waals surface area contributed by atoms with Crippen LogP contribution >= 0.6 is 0 Å². The first-order valence-corrected chi connectivity index (χ1v) is 4.78. The molecule has 74 valence electrons. The Morgan fingerprint density at radius 2 is 2.00 bits per heavy atom. The van der Waals surface area contributed by atoms with Crippen molar-refractivity contribution in [1.82, 2.24) is 4.98 Å². The predicted molar refractivity (Wildman–Crippen MR) is 56.2 cm³/mol. The molecular formula is C11H14N2O. The molecule has 0 radical (unpaired) electrons. The van der Waals surface area contributed by atoms with Gasteiger partial charge in [-0.2, -0.15) is 0 Å². The number of fused-ring (bicyclic) bond motifs is 1. The Labute approximate surface area is 82.9 Å². The minimum Gasteiger partial charge on any atom is -0.440 e. The predicted octanol–water partition coefficient (Wildman–Crippen LogP) is 1.95. The second-order valence-electron chi connectivity index (χ2n) is 3.52. The average Bonchev–Trinajstić information content (AvgIpc) is 2.57. The summed E-state index contributed by atoms with van der Waals surface area (Å²) in [7, 11) is 0. The average molecular weight is 190 g/mol. The minimum absolute atomic E-state index is 0.574. The third-order valence-corrected chi connectivity index (χ3v) is 2.34. The summed E-state index contributed by atoms with van der Waals surface area (Å²) in [6.07, 6.45) is 0.702. The van der Waals surface area contributed by atoms with Gasteiger partial charge in [-0.15, -0.1) is 0 Å². The summed E-state index contributed by atoms with van der Waals surface area (Å²) in [4.78, 5) is 4.42. The fourth-order valence-electron chi connectivity index (χ4n) is 1.53. The van der Waals surface area contributed by atoms with Crippen LogP contribution in [0.2, 0.25) is 0 Å². The number of oxazole rings is 1. The van der Waals surface area contributed by atoms with Crippen molar-refractivity contribution in [3.63, 3.8) is 0 Å². The summed E-state index contributed by atoms with van der Waals surface area (Å²) in [5, 5.41) is 0. The van der Waals surface area contributed by atoms with Gasteiger partial charge in [0.25, 0.3) is 0 Å². The fourth-order valence-corrected chi connectivity index (χ4v) is 1.53. The highest BCUT2D eigenvalue weighted by Gasteiger charge is 2.08. The van der Waals surface area contributed by atoms with Crippen LogP contribution < -0.4 is 5.73 Å². The molecule has 2 aromatic rings. The Bertz CT molecular complexity index is 421. The maximum Gasteiger partial charge on any atom is 0.196 e. The first-order valence-electron chi connectivity index (χ1n) is 4.78. The van der Waals surface area contributed by atoms with E-state index in [4.69, 9.17) is 10.2 Å². The molecule has 1 heterocycles. The third-order valence-electron chi connectivity index (χ3n) is 2.34. The van der Waals surface area contributed by atoms with Gasteiger partial charge in [-0.05, 0) is 25.0 Å². The van der Waals surface area contributed by atoms with Crippen molar-refractivity contribution in [3.8, 4) is 0 Å². The Hall–Kier alpha value is -1.35. The lowest BCUT2D eigenvalue weighted by molar-refractivity contribution is 0.529. The molecule has 3 nitrogen and oxygen atoms in total. The first kappa shape index (κ1) is 9.21. The second-order valence-corrected chi connectivity index (χ2v) is 3.52. The van der Waals surface area contributed by atoms with Crippen molar-refractivity contribution in [2.75, 3.05) is 6.54 Å². The van der Waals surface area contributed by atoms with Gasteiger partial charge in [-0.1, -0.05) is 12.1 Å². The molecule has 2 N–H and O–H groups in total. The SMILES string of the molecule is Cc1ccc(C)c2oc(CCN)nc12. The van der Waals surface area contributed by atoms with E-state index in [1.54, 1.807) is 0 Å². The molecule has 1 aromatic carbocycles. The lowest BCUT2D eigenvalue weighted by atomic mass is 10.1. The Morgan fingerprint density at radius 3 is 2.64 bits per heavy atom. The molecule has 0 aliphatic rings. The molecular weight excluding hydrogens is 176 g/mol. The van der Waals surface area contributed by atoms with Gasteiger partial charge in [0.05, 0.1) is 0 Å². The quantitative estimate of drug-likeness (QED) is 0.787. The Morgan fingerprint density at radius 1 is 1.29 bits per heavy atom. The van der Waals surface area contributed by atoms with Gasteiger partial charge in [-0.3, -0.25) is 0 Å². The summed E-state index contributed by atoms with van der Waals surface area (Å²) in [5.74, 6) is 0.736. The monoisotopic (exact) mass is 190 g/mol. The molecule has 0 unspecified atom stereocenters. The van der Waals surface area contributed by atoms with Gasteiger partial charge in [-0.25, -0.2) is 4.98 Å². The van der Waals surface area contributed by atoms with Crippen molar-refractivity contribution in [2.45, 2.75) is 20.3 Å². The van der Waals surface area contributed by atoms with Gasteiger partial charge in [0, 0.05) is 13.0 Å². The molecule has 0 bridgehead atoms. The molecule has 0 saturated heterocycles. The highest BCUT2D eigenvalue weighted by atomic mass is 16.3. The summed E-state index contributed by atoms with van der Waals surface area (Å²) >= 11 is 0. The summed E-state index contributed by atoms with van der Waals surface area (Å²) in [6, 6.07) is 4.11. The number of benzene rings is 1. The zero-order valence-corrected chi connectivity index (χ0v) is 8.50. The number of rotatable bonds is 2. The minimum atomic E-state index is 0.574. The van der Waals surface area contributed by atoms with Crippen LogP contribution in [0.4, 0.5) is 0 Å². The molecule has 0 amide bonds. The van der Waals surface area contributed by atoms with E-state index >= 15 is 0 Å². The number of hydrogen-bond acceptors (Lipinski definition) is 3. The van der Waals surface area contributed by atoms with Gasteiger partial charge in [0.2, 0.25) is 0 Å². The number of nitrogens with two attached hydrogens (primary N) is 1. The van der Waals surface area contributed by atoms with E-state index in [1.807, 2.05) is 13.8 Å². The lowest BCUT2D eigenvalue weighted by Gasteiger charge is -1.95. The Kier molecular flexibility index (Phi) is 2.25. The van der Waals surface area contributed by atoms with Crippen LogP contribution in [0, 0.1) is 13.8 Å². The lowest BCUT2D eigenvalue weighted by Crippen LogP contribution is -2.02. The molecule has 0 atom stereocenters. The van der Waals surface area contributed by atoms with Crippen molar-refractivity contribution in [2.24, 2.45) is 5.73 Å². The van der Waals surface area contributed by atoms with E-state index in [0.29, 0.717) is 13.0 Å². The van der Waals surface area contributed by atoms with Crippen LogP contribution in [0.25, 0.3) is 11.1 Å². The van der Waals surface area contributed by atoms with Gasteiger partial charge < -0.3 is 10.2 Å². The largest absolute Gasteiger partial charge is 0.440 e. The number of nitrogens with zero attached hydrogens (tertiary/aromatic N) is 1.